The lowest BCUT2D eigenvalue weighted by molar-refractivity contribution is 0.117. The predicted molar refractivity (Wildman–Crippen MR) is 80.9 cm³/mol. The Bertz CT molecular complexity index is 407. The maximum absolute atomic E-state index is 9.38. The zero-order chi connectivity index (χ0) is 13.7. The molecular weight excluding hydrogens is 252 g/mol. The van der Waals surface area contributed by atoms with Gasteiger partial charge in [0.2, 0.25) is 0 Å². The van der Waals surface area contributed by atoms with Gasteiger partial charge in [0.25, 0.3) is 0 Å². The molecule has 3 atom stereocenters. The van der Waals surface area contributed by atoms with E-state index in [1.165, 1.54) is 30.6 Å². The Labute approximate surface area is 121 Å². The SMILES string of the molecule is CCCC1CCC(C#N)C(N(C)Cc2cccs2)C1. The largest absolute Gasteiger partial charge is 0.297 e. The van der Waals surface area contributed by atoms with Crippen molar-refractivity contribution in [1.29, 1.82) is 5.26 Å². The maximum atomic E-state index is 9.38. The second-order valence-corrected chi connectivity index (χ2v) is 6.80. The molecule has 0 saturated heterocycles. The first kappa shape index (κ1) is 14.6. The molecule has 1 aliphatic carbocycles. The van der Waals surface area contributed by atoms with Gasteiger partial charge in [0.05, 0.1) is 12.0 Å². The highest BCUT2D eigenvalue weighted by Crippen LogP contribution is 2.34. The summed E-state index contributed by atoms with van der Waals surface area (Å²) in [4.78, 5) is 3.80. The molecule has 2 rings (SSSR count). The van der Waals surface area contributed by atoms with Gasteiger partial charge in [0, 0.05) is 17.5 Å². The molecule has 0 aliphatic heterocycles. The molecule has 3 heteroatoms. The van der Waals surface area contributed by atoms with E-state index < -0.39 is 0 Å². The number of thiophene rings is 1. The highest BCUT2D eigenvalue weighted by Gasteiger charge is 2.32. The fraction of sp³-hybridized carbons (Fsp3) is 0.688. The van der Waals surface area contributed by atoms with Gasteiger partial charge in [-0.25, -0.2) is 0 Å². The maximum Gasteiger partial charge on any atom is 0.0672 e. The summed E-state index contributed by atoms with van der Waals surface area (Å²) in [6, 6.07) is 7.28. The fourth-order valence-corrected chi connectivity index (χ4v) is 4.07. The molecule has 0 N–H and O–H groups in total. The highest BCUT2D eigenvalue weighted by atomic mass is 32.1. The Balaban J connectivity index is 1.99. The number of hydrogen-bond donors (Lipinski definition) is 0. The van der Waals surface area contributed by atoms with Crippen LogP contribution in [0, 0.1) is 23.2 Å². The minimum Gasteiger partial charge on any atom is -0.297 e. The van der Waals surface area contributed by atoms with Gasteiger partial charge in [-0.05, 0) is 43.7 Å². The average molecular weight is 276 g/mol. The normalized spacial score (nSPS) is 27.4. The van der Waals surface area contributed by atoms with Crippen molar-refractivity contribution in [2.45, 2.75) is 51.6 Å². The van der Waals surface area contributed by atoms with Crippen molar-refractivity contribution in [2.75, 3.05) is 7.05 Å². The first-order valence-corrected chi connectivity index (χ1v) is 8.24. The van der Waals surface area contributed by atoms with Crippen LogP contribution in [-0.4, -0.2) is 18.0 Å². The highest BCUT2D eigenvalue weighted by molar-refractivity contribution is 7.09. The van der Waals surface area contributed by atoms with Gasteiger partial charge in [-0.2, -0.15) is 5.26 Å². The molecule has 2 nitrogen and oxygen atoms in total. The number of nitrogens with zero attached hydrogens (tertiary/aromatic N) is 2. The van der Waals surface area contributed by atoms with Gasteiger partial charge >= 0.3 is 0 Å². The molecule has 104 valence electrons. The van der Waals surface area contributed by atoms with Crippen molar-refractivity contribution in [3.8, 4) is 6.07 Å². The molecular formula is C16H24N2S. The molecule has 1 fully saturated rings. The molecule has 0 amide bonds. The predicted octanol–water partition coefficient (Wildman–Crippen LogP) is 4.29. The van der Waals surface area contributed by atoms with Gasteiger partial charge in [-0.1, -0.05) is 25.8 Å². The summed E-state index contributed by atoms with van der Waals surface area (Å²) in [6.45, 7) is 3.25. The third-order valence-electron chi connectivity index (χ3n) is 4.34. The summed E-state index contributed by atoms with van der Waals surface area (Å²) >= 11 is 1.81. The third-order valence-corrected chi connectivity index (χ3v) is 5.20. The van der Waals surface area contributed by atoms with E-state index in [2.05, 4.69) is 42.5 Å². The molecule has 0 spiro atoms. The van der Waals surface area contributed by atoms with Gasteiger partial charge in [-0.15, -0.1) is 11.3 Å². The van der Waals surface area contributed by atoms with Crippen molar-refractivity contribution in [3.05, 3.63) is 22.4 Å². The summed E-state index contributed by atoms with van der Waals surface area (Å²) in [5.41, 5.74) is 0. The van der Waals surface area contributed by atoms with Crippen molar-refractivity contribution in [2.24, 2.45) is 11.8 Å². The molecule has 1 saturated carbocycles. The summed E-state index contributed by atoms with van der Waals surface area (Å²) < 4.78 is 0. The lowest BCUT2D eigenvalue weighted by Crippen LogP contribution is -2.41. The van der Waals surface area contributed by atoms with E-state index in [-0.39, 0.29) is 5.92 Å². The van der Waals surface area contributed by atoms with E-state index >= 15 is 0 Å². The van der Waals surface area contributed by atoms with Crippen molar-refractivity contribution in [1.82, 2.24) is 4.90 Å². The van der Waals surface area contributed by atoms with Crippen LogP contribution in [0.1, 0.15) is 43.9 Å². The van der Waals surface area contributed by atoms with E-state index in [1.807, 2.05) is 11.3 Å². The van der Waals surface area contributed by atoms with E-state index in [0.29, 0.717) is 6.04 Å². The summed E-state index contributed by atoms with van der Waals surface area (Å²) in [5.74, 6) is 1.04. The first-order chi connectivity index (χ1) is 9.24. The van der Waals surface area contributed by atoms with Crippen LogP contribution in [0.15, 0.2) is 17.5 Å². The van der Waals surface area contributed by atoms with Gasteiger partial charge in [0.1, 0.15) is 0 Å². The van der Waals surface area contributed by atoms with Crippen LogP contribution in [0.2, 0.25) is 0 Å². The van der Waals surface area contributed by atoms with Crippen LogP contribution in [0.3, 0.4) is 0 Å². The number of nitriles is 1. The van der Waals surface area contributed by atoms with E-state index in [0.717, 1.165) is 18.9 Å². The van der Waals surface area contributed by atoms with Gasteiger partial charge < -0.3 is 0 Å². The second-order valence-electron chi connectivity index (χ2n) is 5.77. The van der Waals surface area contributed by atoms with Crippen LogP contribution in [0.4, 0.5) is 0 Å². The third kappa shape index (κ3) is 3.81. The number of rotatable bonds is 5. The smallest absolute Gasteiger partial charge is 0.0672 e. The fourth-order valence-electron chi connectivity index (χ4n) is 3.31. The van der Waals surface area contributed by atoms with Crippen LogP contribution in [0.25, 0.3) is 0 Å². The van der Waals surface area contributed by atoms with Crippen molar-refractivity contribution < 1.29 is 0 Å². The second kappa shape index (κ2) is 7.07. The summed E-state index contributed by atoms with van der Waals surface area (Å²) in [6.07, 6.45) is 6.12. The lowest BCUT2D eigenvalue weighted by Gasteiger charge is -2.38. The van der Waals surface area contributed by atoms with Crippen molar-refractivity contribution in [3.63, 3.8) is 0 Å². The summed E-state index contributed by atoms with van der Waals surface area (Å²) in [7, 11) is 2.18. The first-order valence-electron chi connectivity index (χ1n) is 7.36. The average Bonchev–Trinajstić information content (AvgIpc) is 2.92. The molecule has 1 heterocycles. The number of hydrogen-bond acceptors (Lipinski definition) is 3. The standard InChI is InChI=1S/C16H24N2S/c1-3-5-13-7-8-14(11-17)16(10-13)18(2)12-15-6-4-9-19-15/h4,6,9,13-14,16H,3,5,7-8,10,12H2,1-2H3. The van der Waals surface area contributed by atoms with Crippen LogP contribution >= 0.6 is 11.3 Å². The Kier molecular flexibility index (Phi) is 5.42. The van der Waals surface area contributed by atoms with Crippen molar-refractivity contribution >= 4 is 11.3 Å². The minimum atomic E-state index is 0.220. The molecule has 0 radical (unpaired) electrons. The zero-order valence-electron chi connectivity index (χ0n) is 12.0. The van der Waals surface area contributed by atoms with Gasteiger partial charge in [0.15, 0.2) is 0 Å². The van der Waals surface area contributed by atoms with Crippen LogP contribution in [0.5, 0.6) is 0 Å². The molecule has 0 aromatic carbocycles. The van der Waals surface area contributed by atoms with E-state index in [4.69, 9.17) is 0 Å². The monoisotopic (exact) mass is 276 g/mol. The van der Waals surface area contributed by atoms with E-state index in [9.17, 15) is 5.26 Å². The topological polar surface area (TPSA) is 27.0 Å². The lowest BCUT2D eigenvalue weighted by atomic mass is 9.76. The van der Waals surface area contributed by atoms with Crippen LogP contribution < -0.4 is 0 Å². The Morgan fingerprint density at radius 3 is 2.95 bits per heavy atom. The molecule has 1 aromatic heterocycles. The summed E-state index contributed by atoms with van der Waals surface area (Å²) in [5, 5.41) is 11.5. The quantitative estimate of drug-likeness (QED) is 0.802. The molecule has 3 unspecified atom stereocenters. The van der Waals surface area contributed by atoms with Gasteiger partial charge in [-0.3, -0.25) is 4.90 Å². The Morgan fingerprint density at radius 2 is 2.32 bits per heavy atom. The molecule has 1 aliphatic rings. The van der Waals surface area contributed by atoms with E-state index in [1.54, 1.807) is 0 Å². The minimum absolute atomic E-state index is 0.220. The Hall–Kier alpha value is -0.850. The molecule has 1 aromatic rings. The zero-order valence-corrected chi connectivity index (χ0v) is 12.8. The molecule has 19 heavy (non-hydrogen) atoms. The van der Waals surface area contributed by atoms with Crippen LogP contribution in [-0.2, 0) is 6.54 Å². The Morgan fingerprint density at radius 1 is 1.47 bits per heavy atom. The molecule has 0 bridgehead atoms.